The van der Waals surface area contributed by atoms with Crippen LogP contribution in [0.15, 0.2) is 53.0 Å². The maximum atomic E-state index is 12.5. The van der Waals surface area contributed by atoms with Crippen LogP contribution in [0.5, 0.6) is 0 Å². The Bertz CT molecular complexity index is 961. The fourth-order valence-electron chi connectivity index (χ4n) is 2.46. The van der Waals surface area contributed by atoms with Gasteiger partial charge in [-0.2, -0.15) is 0 Å². The predicted molar refractivity (Wildman–Crippen MR) is 105 cm³/mol. The van der Waals surface area contributed by atoms with Gasteiger partial charge in [0.05, 0.1) is 0 Å². The second-order valence-electron chi connectivity index (χ2n) is 5.69. The Labute approximate surface area is 160 Å². The van der Waals surface area contributed by atoms with Crippen LogP contribution in [-0.2, 0) is 9.59 Å². The number of furan rings is 1. The number of benzene rings is 1. The molecule has 0 saturated carbocycles. The average Bonchev–Trinajstić information content (AvgIpc) is 3.06. The molecule has 1 aromatic carbocycles. The molecule has 0 radical (unpaired) electrons. The zero-order valence-electron chi connectivity index (χ0n) is 13.9. The Kier molecular flexibility index (Phi) is 5.06. The van der Waals surface area contributed by atoms with Gasteiger partial charge in [-0.3, -0.25) is 19.8 Å². The van der Waals surface area contributed by atoms with E-state index in [0.29, 0.717) is 16.5 Å². The number of carbonyl (C=O) groups is 2. The number of nitrogens with zero attached hydrogens (tertiary/aromatic N) is 1. The Morgan fingerprint density at radius 2 is 2.08 bits per heavy atom. The van der Waals surface area contributed by atoms with Gasteiger partial charge in [-0.15, -0.1) is 6.58 Å². The first kappa shape index (κ1) is 18.1. The quantitative estimate of drug-likeness (QED) is 0.376. The van der Waals surface area contributed by atoms with Crippen molar-refractivity contribution in [1.29, 1.82) is 0 Å². The van der Waals surface area contributed by atoms with Crippen LogP contribution in [0.25, 0.3) is 17.4 Å². The Morgan fingerprint density at radius 3 is 2.77 bits per heavy atom. The molecule has 0 atom stereocenters. The molecular formula is C19H15ClN2O3S. The molecule has 0 aliphatic carbocycles. The fraction of sp³-hybridized carbons (Fsp3) is 0.105. The Hall–Kier alpha value is -2.70. The number of thiocarbonyl (C=S) groups is 1. The van der Waals surface area contributed by atoms with Gasteiger partial charge in [0.2, 0.25) is 0 Å². The second kappa shape index (κ2) is 7.27. The molecule has 2 heterocycles. The van der Waals surface area contributed by atoms with Crippen molar-refractivity contribution in [3.05, 3.63) is 64.9 Å². The molecule has 1 fully saturated rings. The third-order valence-corrected chi connectivity index (χ3v) is 4.60. The van der Waals surface area contributed by atoms with Crippen LogP contribution in [-0.4, -0.2) is 28.4 Å². The first-order chi connectivity index (χ1) is 12.4. The molecule has 2 amide bonds. The van der Waals surface area contributed by atoms with Crippen LogP contribution < -0.4 is 5.32 Å². The van der Waals surface area contributed by atoms with E-state index in [1.165, 1.54) is 17.1 Å². The smallest absolute Gasteiger partial charge is 0.266 e. The van der Waals surface area contributed by atoms with Gasteiger partial charge in [-0.25, -0.2) is 0 Å². The highest BCUT2D eigenvalue weighted by molar-refractivity contribution is 7.80. The summed E-state index contributed by atoms with van der Waals surface area (Å²) in [5.74, 6) is -0.0888. The number of hydrogen-bond acceptors (Lipinski definition) is 4. The Balaban J connectivity index is 1.92. The molecule has 2 aromatic rings. The molecule has 132 valence electrons. The summed E-state index contributed by atoms with van der Waals surface area (Å²) < 4.78 is 5.75. The van der Waals surface area contributed by atoms with Gasteiger partial charge in [0.1, 0.15) is 17.1 Å². The van der Waals surface area contributed by atoms with E-state index in [-0.39, 0.29) is 17.2 Å². The standard InChI is InChI=1S/C19H15ClN2O3S/c1-3-8-22-18(24)14(17(23)21-19(22)26)10-13-6-7-16(25-13)12-5-4-11(2)15(20)9-12/h3-7,9-10H,1,8H2,2H3,(H,21,23,26)/b14-10+. The number of hydrogen-bond donors (Lipinski definition) is 1. The van der Waals surface area contributed by atoms with E-state index in [4.69, 9.17) is 28.2 Å². The highest BCUT2D eigenvalue weighted by Gasteiger charge is 2.32. The van der Waals surface area contributed by atoms with Crippen molar-refractivity contribution in [2.24, 2.45) is 0 Å². The van der Waals surface area contributed by atoms with Crippen LogP contribution in [0.4, 0.5) is 0 Å². The second-order valence-corrected chi connectivity index (χ2v) is 6.48. The van der Waals surface area contributed by atoms with E-state index in [1.54, 1.807) is 18.2 Å². The zero-order chi connectivity index (χ0) is 18.8. The maximum Gasteiger partial charge on any atom is 0.266 e. The van der Waals surface area contributed by atoms with E-state index >= 15 is 0 Å². The Morgan fingerprint density at radius 1 is 1.31 bits per heavy atom. The highest BCUT2D eigenvalue weighted by atomic mass is 35.5. The number of carbonyl (C=O) groups excluding carboxylic acids is 2. The summed E-state index contributed by atoms with van der Waals surface area (Å²) in [4.78, 5) is 25.9. The van der Waals surface area contributed by atoms with Crippen molar-refractivity contribution in [1.82, 2.24) is 10.2 Å². The zero-order valence-corrected chi connectivity index (χ0v) is 15.5. The highest BCUT2D eigenvalue weighted by Crippen LogP contribution is 2.28. The third kappa shape index (κ3) is 3.47. The summed E-state index contributed by atoms with van der Waals surface area (Å²) >= 11 is 11.2. The van der Waals surface area contributed by atoms with Crippen molar-refractivity contribution in [2.75, 3.05) is 6.54 Å². The van der Waals surface area contributed by atoms with Crippen molar-refractivity contribution in [3.8, 4) is 11.3 Å². The van der Waals surface area contributed by atoms with Gasteiger partial charge in [0, 0.05) is 17.1 Å². The van der Waals surface area contributed by atoms with Crippen molar-refractivity contribution in [3.63, 3.8) is 0 Å². The van der Waals surface area contributed by atoms with Crippen LogP contribution in [0, 0.1) is 6.92 Å². The van der Waals surface area contributed by atoms with E-state index < -0.39 is 11.8 Å². The SMILES string of the molecule is C=CCN1C(=O)/C(=C/c2ccc(-c3ccc(C)c(Cl)c3)o2)C(=O)NC1=S. The minimum Gasteiger partial charge on any atom is -0.457 e. The van der Waals surface area contributed by atoms with E-state index in [2.05, 4.69) is 11.9 Å². The third-order valence-electron chi connectivity index (χ3n) is 3.87. The normalized spacial score (nSPS) is 16.2. The summed E-state index contributed by atoms with van der Waals surface area (Å²) in [6.07, 6.45) is 2.93. The van der Waals surface area contributed by atoms with E-state index in [0.717, 1.165) is 11.1 Å². The lowest BCUT2D eigenvalue weighted by Crippen LogP contribution is -2.53. The lowest BCUT2D eigenvalue weighted by Gasteiger charge is -2.27. The molecule has 1 aliphatic heterocycles. The largest absolute Gasteiger partial charge is 0.457 e. The molecule has 1 saturated heterocycles. The number of aryl methyl sites for hydroxylation is 1. The molecule has 0 spiro atoms. The summed E-state index contributed by atoms with van der Waals surface area (Å²) in [5.41, 5.74) is 1.72. The van der Waals surface area contributed by atoms with Gasteiger partial charge in [0.15, 0.2) is 5.11 Å². The number of rotatable bonds is 4. The van der Waals surface area contributed by atoms with Crippen LogP contribution in [0.3, 0.4) is 0 Å². The molecule has 1 aromatic heterocycles. The summed E-state index contributed by atoms with van der Waals surface area (Å²) in [6.45, 7) is 5.71. The molecule has 3 rings (SSSR count). The van der Waals surface area contributed by atoms with E-state index in [9.17, 15) is 9.59 Å². The number of halogens is 1. The molecule has 1 N–H and O–H groups in total. The minimum absolute atomic E-state index is 0.0525. The molecule has 0 bridgehead atoms. The molecule has 1 aliphatic rings. The van der Waals surface area contributed by atoms with Gasteiger partial charge in [-0.05, 0) is 49.0 Å². The summed E-state index contributed by atoms with van der Waals surface area (Å²) in [5, 5.41) is 3.18. The predicted octanol–water partition coefficient (Wildman–Crippen LogP) is 3.72. The van der Waals surface area contributed by atoms with E-state index in [1.807, 2.05) is 19.1 Å². The topological polar surface area (TPSA) is 62.6 Å². The van der Waals surface area contributed by atoms with Crippen molar-refractivity contribution in [2.45, 2.75) is 6.92 Å². The lowest BCUT2D eigenvalue weighted by molar-refractivity contribution is -0.128. The molecule has 26 heavy (non-hydrogen) atoms. The lowest BCUT2D eigenvalue weighted by atomic mass is 10.1. The fourth-order valence-corrected chi connectivity index (χ4v) is 2.89. The summed E-state index contributed by atoms with van der Waals surface area (Å²) in [6, 6.07) is 9.02. The van der Waals surface area contributed by atoms with Crippen LogP contribution in [0.2, 0.25) is 5.02 Å². The molecular weight excluding hydrogens is 372 g/mol. The van der Waals surface area contributed by atoms with Crippen LogP contribution in [0.1, 0.15) is 11.3 Å². The van der Waals surface area contributed by atoms with Crippen LogP contribution >= 0.6 is 23.8 Å². The average molecular weight is 387 g/mol. The molecule has 7 heteroatoms. The van der Waals surface area contributed by atoms with Crippen molar-refractivity contribution < 1.29 is 14.0 Å². The molecule has 0 unspecified atom stereocenters. The van der Waals surface area contributed by atoms with Gasteiger partial charge in [0.25, 0.3) is 11.8 Å². The minimum atomic E-state index is -0.559. The monoisotopic (exact) mass is 386 g/mol. The number of nitrogens with one attached hydrogen (secondary N) is 1. The van der Waals surface area contributed by atoms with Gasteiger partial charge >= 0.3 is 0 Å². The van der Waals surface area contributed by atoms with Crippen molar-refractivity contribution >= 4 is 46.8 Å². The van der Waals surface area contributed by atoms with Gasteiger partial charge < -0.3 is 4.42 Å². The summed E-state index contributed by atoms with van der Waals surface area (Å²) in [7, 11) is 0. The van der Waals surface area contributed by atoms with Gasteiger partial charge in [-0.1, -0.05) is 29.8 Å². The first-order valence-electron chi connectivity index (χ1n) is 7.77. The first-order valence-corrected chi connectivity index (χ1v) is 8.55. The molecule has 5 nitrogen and oxygen atoms in total. The maximum absolute atomic E-state index is 12.5. The number of amides is 2.